The molecule has 0 aliphatic rings. The van der Waals surface area contributed by atoms with E-state index in [1.165, 1.54) is 45.1 Å². The Morgan fingerprint density at radius 1 is 0.905 bits per heavy atom. The van der Waals surface area contributed by atoms with Crippen LogP contribution in [0.15, 0.2) is 0 Å². The third-order valence-corrected chi connectivity index (χ3v) is 5.19. The Kier molecular flexibility index (Phi) is 12.4. The fourth-order valence-corrected chi connectivity index (χ4v) is 3.90. The minimum atomic E-state index is 0.651. The third kappa shape index (κ3) is 7.65. The van der Waals surface area contributed by atoms with Crippen molar-refractivity contribution in [1.82, 2.24) is 10.2 Å². The second kappa shape index (κ2) is 12.5. The minimum Gasteiger partial charge on any atom is -0.313 e. The van der Waals surface area contributed by atoms with E-state index in [2.05, 4.69) is 58.8 Å². The van der Waals surface area contributed by atoms with E-state index in [0.717, 1.165) is 24.4 Å². The van der Waals surface area contributed by atoms with Crippen LogP contribution in [-0.4, -0.2) is 37.1 Å². The topological polar surface area (TPSA) is 15.3 Å². The summed E-state index contributed by atoms with van der Waals surface area (Å²) in [4.78, 5) is 2.65. The summed E-state index contributed by atoms with van der Waals surface area (Å²) in [6.45, 7) is 16.3. The maximum Gasteiger partial charge on any atom is 0.0194 e. The molecule has 2 nitrogen and oxygen atoms in total. The molecule has 0 rings (SSSR count). The molecule has 0 fully saturated rings. The van der Waals surface area contributed by atoms with Crippen LogP contribution in [0.3, 0.4) is 0 Å². The summed E-state index contributed by atoms with van der Waals surface area (Å²) in [5, 5.41) is 3.67. The van der Waals surface area contributed by atoms with Gasteiger partial charge in [-0.2, -0.15) is 0 Å². The molecule has 0 spiro atoms. The number of nitrogens with zero attached hydrogens (tertiary/aromatic N) is 1. The predicted octanol–water partition coefficient (Wildman–Crippen LogP) is 4.94. The van der Waals surface area contributed by atoms with Crippen LogP contribution in [-0.2, 0) is 0 Å². The smallest absolute Gasteiger partial charge is 0.0194 e. The van der Waals surface area contributed by atoms with Gasteiger partial charge in [-0.25, -0.2) is 0 Å². The fourth-order valence-electron chi connectivity index (χ4n) is 3.90. The summed E-state index contributed by atoms with van der Waals surface area (Å²) in [5.41, 5.74) is 0. The Bertz CT molecular complexity index is 220. The van der Waals surface area contributed by atoms with E-state index in [1.807, 2.05) is 0 Å². The maximum absolute atomic E-state index is 3.67. The molecule has 3 unspecified atom stereocenters. The molecule has 0 saturated carbocycles. The molecule has 0 aliphatic heterocycles. The van der Waals surface area contributed by atoms with E-state index in [4.69, 9.17) is 0 Å². The largest absolute Gasteiger partial charge is 0.313 e. The third-order valence-electron chi connectivity index (χ3n) is 5.19. The van der Waals surface area contributed by atoms with Crippen molar-refractivity contribution >= 4 is 0 Å². The molecule has 0 heterocycles. The van der Waals surface area contributed by atoms with E-state index in [1.54, 1.807) is 0 Å². The summed E-state index contributed by atoms with van der Waals surface area (Å²) < 4.78 is 0. The predicted molar refractivity (Wildman–Crippen MR) is 96.9 cm³/mol. The number of rotatable bonds is 13. The van der Waals surface area contributed by atoms with Gasteiger partial charge < -0.3 is 10.2 Å². The number of likely N-dealkylation sites (N-methyl/N-ethyl adjacent to an activating group) is 2. The molecule has 2 heteroatoms. The van der Waals surface area contributed by atoms with Crippen LogP contribution < -0.4 is 5.32 Å². The van der Waals surface area contributed by atoms with E-state index in [0.29, 0.717) is 6.04 Å². The highest BCUT2D eigenvalue weighted by atomic mass is 15.2. The first-order chi connectivity index (χ1) is 10.0. The van der Waals surface area contributed by atoms with Gasteiger partial charge in [0, 0.05) is 18.6 Å². The summed E-state index contributed by atoms with van der Waals surface area (Å²) in [6, 6.07) is 1.39. The second-order valence-electron chi connectivity index (χ2n) is 6.77. The monoisotopic (exact) mass is 298 g/mol. The highest BCUT2D eigenvalue weighted by Crippen LogP contribution is 2.27. The van der Waals surface area contributed by atoms with E-state index in [9.17, 15) is 0 Å². The van der Waals surface area contributed by atoms with Gasteiger partial charge in [-0.05, 0) is 38.3 Å². The Labute approximate surface area is 135 Å². The van der Waals surface area contributed by atoms with Crippen molar-refractivity contribution in [2.45, 2.75) is 92.2 Å². The first-order valence-electron chi connectivity index (χ1n) is 9.48. The molecule has 0 bridgehead atoms. The summed E-state index contributed by atoms with van der Waals surface area (Å²) in [7, 11) is 2.35. The molecule has 0 aliphatic carbocycles. The molecule has 0 saturated heterocycles. The first kappa shape index (κ1) is 20.9. The lowest BCUT2D eigenvalue weighted by Crippen LogP contribution is -2.47. The number of nitrogens with one attached hydrogen (secondary N) is 1. The summed E-state index contributed by atoms with van der Waals surface area (Å²) in [5.74, 6) is 1.67. The van der Waals surface area contributed by atoms with Gasteiger partial charge in [-0.3, -0.25) is 0 Å². The highest BCUT2D eigenvalue weighted by Gasteiger charge is 2.27. The van der Waals surface area contributed by atoms with Crippen molar-refractivity contribution in [2.75, 3.05) is 20.1 Å². The van der Waals surface area contributed by atoms with Gasteiger partial charge in [0.15, 0.2) is 0 Å². The van der Waals surface area contributed by atoms with Crippen LogP contribution in [0.2, 0.25) is 0 Å². The summed E-state index contributed by atoms with van der Waals surface area (Å²) in [6.07, 6.45) is 7.81. The minimum absolute atomic E-state index is 0.651. The Morgan fingerprint density at radius 3 is 1.90 bits per heavy atom. The number of hydrogen-bond donors (Lipinski definition) is 1. The van der Waals surface area contributed by atoms with Gasteiger partial charge in [0.05, 0.1) is 0 Å². The Morgan fingerprint density at radius 2 is 1.48 bits per heavy atom. The van der Waals surface area contributed by atoms with Crippen LogP contribution in [0, 0.1) is 11.8 Å². The van der Waals surface area contributed by atoms with E-state index in [-0.39, 0.29) is 0 Å². The van der Waals surface area contributed by atoms with Gasteiger partial charge >= 0.3 is 0 Å². The lowest BCUT2D eigenvalue weighted by atomic mass is 9.81. The molecule has 0 aromatic rings. The summed E-state index contributed by atoms with van der Waals surface area (Å²) >= 11 is 0. The van der Waals surface area contributed by atoms with Crippen molar-refractivity contribution in [3.05, 3.63) is 0 Å². The average molecular weight is 299 g/mol. The van der Waals surface area contributed by atoms with Gasteiger partial charge in [0.25, 0.3) is 0 Å². The molecule has 0 aromatic heterocycles. The maximum atomic E-state index is 3.67. The second-order valence-corrected chi connectivity index (χ2v) is 6.77. The van der Waals surface area contributed by atoms with E-state index >= 15 is 0 Å². The normalized spacial score (nSPS) is 16.4. The average Bonchev–Trinajstić information content (AvgIpc) is 2.46. The molecule has 3 atom stereocenters. The van der Waals surface area contributed by atoms with Crippen molar-refractivity contribution in [1.29, 1.82) is 0 Å². The molecule has 1 N–H and O–H groups in total. The quantitative estimate of drug-likeness (QED) is 0.518. The van der Waals surface area contributed by atoms with Crippen molar-refractivity contribution in [2.24, 2.45) is 11.8 Å². The van der Waals surface area contributed by atoms with Gasteiger partial charge in [0.1, 0.15) is 0 Å². The van der Waals surface area contributed by atoms with Crippen molar-refractivity contribution < 1.29 is 0 Å². The van der Waals surface area contributed by atoms with Gasteiger partial charge in [-0.1, -0.05) is 67.2 Å². The Hall–Kier alpha value is -0.0800. The lowest BCUT2D eigenvalue weighted by Gasteiger charge is -2.38. The molecular weight excluding hydrogens is 256 g/mol. The molecule has 0 amide bonds. The molecule has 128 valence electrons. The molecule has 0 radical (unpaired) electrons. The molecular formula is C19H42N2. The molecule has 0 aromatic carbocycles. The highest BCUT2D eigenvalue weighted by molar-refractivity contribution is 4.82. The zero-order chi connectivity index (χ0) is 16.3. The zero-order valence-electron chi connectivity index (χ0n) is 15.9. The molecule has 21 heavy (non-hydrogen) atoms. The van der Waals surface area contributed by atoms with Crippen LogP contribution in [0.1, 0.15) is 80.1 Å². The lowest BCUT2D eigenvalue weighted by molar-refractivity contribution is 0.116. The van der Waals surface area contributed by atoms with Crippen LogP contribution in [0.5, 0.6) is 0 Å². The number of hydrogen-bond acceptors (Lipinski definition) is 2. The van der Waals surface area contributed by atoms with Gasteiger partial charge in [-0.15, -0.1) is 0 Å². The van der Waals surface area contributed by atoms with Crippen molar-refractivity contribution in [3.63, 3.8) is 0 Å². The standard InChI is InChI=1S/C19H42N2/c1-8-13-18(20-12-5)15-21(7)19(14-9-2)16(6)17(10-3)11-4/h16-20H,8-15H2,1-7H3. The Balaban J connectivity index is 4.75. The SMILES string of the molecule is CCCC(CN(C)C(CCC)C(C)C(CC)CC)NCC. The zero-order valence-corrected chi connectivity index (χ0v) is 15.9. The van der Waals surface area contributed by atoms with Crippen LogP contribution in [0.4, 0.5) is 0 Å². The fraction of sp³-hybridized carbons (Fsp3) is 1.00. The van der Waals surface area contributed by atoms with Crippen LogP contribution >= 0.6 is 0 Å². The van der Waals surface area contributed by atoms with E-state index < -0.39 is 0 Å². The van der Waals surface area contributed by atoms with Crippen LogP contribution in [0.25, 0.3) is 0 Å². The van der Waals surface area contributed by atoms with Gasteiger partial charge in [0.2, 0.25) is 0 Å². The van der Waals surface area contributed by atoms with Crippen molar-refractivity contribution in [3.8, 4) is 0 Å². The first-order valence-corrected chi connectivity index (χ1v) is 9.48.